The zero-order valence-corrected chi connectivity index (χ0v) is 9.20. The molecule has 2 rings (SSSR count). The second-order valence-electron chi connectivity index (χ2n) is 3.32. The maximum absolute atomic E-state index is 11.5. The lowest BCUT2D eigenvalue weighted by Crippen LogP contribution is -2.11. The van der Waals surface area contributed by atoms with E-state index in [-0.39, 0.29) is 12.4 Å². The summed E-state index contributed by atoms with van der Waals surface area (Å²) in [6.07, 6.45) is 1.90. The predicted octanol–water partition coefficient (Wildman–Crippen LogP) is 2.82. The molecule has 1 aromatic heterocycles. The largest absolute Gasteiger partial charge is 0.409 e. The fourth-order valence-electron chi connectivity index (χ4n) is 1.35. The quantitative estimate of drug-likeness (QED) is 0.832. The van der Waals surface area contributed by atoms with Gasteiger partial charge in [-0.25, -0.2) is 0 Å². The average Bonchev–Trinajstić information content (AvgIpc) is 2.70. The summed E-state index contributed by atoms with van der Waals surface area (Å²) in [5, 5.41) is 0.616. The zero-order chi connectivity index (χ0) is 11.4. The molecule has 0 atom stereocenters. The Labute approximate surface area is 98.0 Å². The smallest absolute Gasteiger partial charge is 0.316 e. The molecule has 0 aliphatic carbocycles. The van der Waals surface area contributed by atoms with Crippen LogP contribution in [0.25, 0.3) is 0 Å². The summed E-state index contributed by atoms with van der Waals surface area (Å²) in [6.45, 7) is 0. The molecule has 0 unspecified atom stereocenters. The fraction of sp³-hybridized carbons (Fsp3) is 0.0833. The highest BCUT2D eigenvalue weighted by molar-refractivity contribution is 6.30. The number of esters is 1. The molecule has 3 nitrogen and oxygen atoms in total. The van der Waals surface area contributed by atoms with Crippen LogP contribution in [0.4, 0.5) is 0 Å². The van der Waals surface area contributed by atoms with Crippen LogP contribution >= 0.6 is 11.6 Å². The molecule has 0 radical (unpaired) electrons. The van der Waals surface area contributed by atoms with Crippen LogP contribution in [0, 0.1) is 0 Å². The van der Waals surface area contributed by atoms with Gasteiger partial charge in [0.15, 0.2) is 0 Å². The number of carbonyl (C=O) groups excluding carboxylic acids is 1. The van der Waals surface area contributed by atoms with Crippen molar-refractivity contribution in [2.75, 3.05) is 0 Å². The van der Waals surface area contributed by atoms with E-state index in [4.69, 9.17) is 16.3 Å². The molecule has 0 bridgehead atoms. The lowest BCUT2D eigenvalue weighted by atomic mass is 10.1. The maximum atomic E-state index is 11.5. The molecule has 0 aliphatic rings. The zero-order valence-electron chi connectivity index (χ0n) is 8.44. The van der Waals surface area contributed by atoms with Crippen LogP contribution in [0.15, 0.2) is 42.6 Å². The van der Waals surface area contributed by atoms with Gasteiger partial charge in [0, 0.05) is 17.3 Å². The minimum Gasteiger partial charge on any atom is -0.409 e. The third kappa shape index (κ3) is 2.87. The number of rotatable bonds is 3. The predicted molar refractivity (Wildman–Crippen MR) is 61.6 cm³/mol. The van der Waals surface area contributed by atoms with Crippen LogP contribution in [0.3, 0.4) is 0 Å². The van der Waals surface area contributed by atoms with Gasteiger partial charge >= 0.3 is 5.97 Å². The van der Waals surface area contributed by atoms with Crippen molar-refractivity contribution < 1.29 is 9.53 Å². The minimum absolute atomic E-state index is 0.208. The van der Waals surface area contributed by atoms with Crippen molar-refractivity contribution in [1.29, 1.82) is 0 Å². The second-order valence-corrected chi connectivity index (χ2v) is 3.75. The number of aromatic nitrogens is 1. The maximum Gasteiger partial charge on any atom is 0.316 e. The minimum atomic E-state index is -0.315. The Bertz CT molecular complexity index is 480. The first-order chi connectivity index (χ1) is 7.74. The van der Waals surface area contributed by atoms with Crippen molar-refractivity contribution >= 4 is 17.6 Å². The summed E-state index contributed by atoms with van der Waals surface area (Å²) >= 11 is 5.81. The average molecular weight is 236 g/mol. The third-order valence-corrected chi connectivity index (χ3v) is 2.27. The Morgan fingerprint density at radius 2 is 2.19 bits per heavy atom. The Morgan fingerprint density at radius 1 is 1.31 bits per heavy atom. The van der Waals surface area contributed by atoms with Gasteiger partial charge in [-0.05, 0) is 23.8 Å². The lowest BCUT2D eigenvalue weighted by molar-refractivity contribution is -0.133. The number of nitrogens with one attached hydrogen (secondary N) is 1. The van der Waals surface area contributed by atoms with E-state index in [1.165, 1.54) is 0 Å². The Morgan fingerprint density at radius 3 is 2.88 bits per heavy atom. The number of ether oxygens (including phenoxy) is 1. The van der Waals surface area contributed by atoms with E-state index in [2.05, 4.69) is 4.98 Å². The second kappa shape index (κ2) is 4.86. The molecule has 0 amide bonds. The van der Waals surface area contributed by atoms with Crippen LogP contribution in [0.2, 0.25) is 5.02 Å². The van der Waals surface area contributed by atoms with Gasteiger partial charge in [0.2, 0.25) is 5.88 Å². The first-order valence-electron chi connectivity index (χ1n) is 4.82. The van der Waals surface area contributed by atoms with Crippen molar-refractivity contribution in [3.8, 4) is 5.88 Å². The molecule has 1 heterocycles. The summed E-state index contributed by atoms with van der Waals surface area (Å²) in [4.78, 5) is 14.3. The van der Waals surface area contributed by atoms with Crippen LogP contribution in [0.5, 0.6) is 5.88 Å². The molecule has 1 N–H and O–H groups in total. The lowest BCUT2D eigenvalue weighted by Gasteiger charge is -2.02. The molecule has 0 saturated heterocycles. The molecular formula is C12H10ClNO2. The van der Waals surface area contributed by atoms with Gasteiger partial charge in [-0.3, -0.25) is 4.79 Å². The molecule has 0 saturated carbocycles. The number of aromatic amines is 1. The normalized spacial score (nSPS) is 10.1. The highest BCUT2D eigenvalue weighted by Gasteiger charge is 2.06. The highest BCUT2D eigenvalue weighted by Crippen LogP contribution is 2.12. The molecular weight excluding hydrogens is 226 g/mol. The van der Waals surface area contributed by atoms with Crippen LogP contribution in [-0.4, -0.2) is 11.0 Å². The topological polar surface area (TPSA) is 42.1 Å². The number of carbonyl (C=O) groups is 1. The first kappa shape index (κ1) is 10.8. The summed E-state index contributed by atoms with van der Waals surface area (Å²) in [5.74, 6) is 0.136. The van der Waals surface area contributed by atoms with Crippen molar-refractivity contribution in [3.63, 3.8) is 0 Å². The van der Waals surface area contributed by atoms with Gasteiger partial charge in [-0.15, -0.1) is 0 Å². The van der Waals surface area contributed by atoms with Gasteiger partial charge in [-0.2, -0.15) is 0 Å². The van der Waals surface area contributed by atoms with Crippen LogP contribution in [0.1, 0.15) is 5.56 Å². The Kier molecular flexibility index (Phi) is 3.27. The number of hydrogen-bond acceptors (Lipinski definition) is 2. The molecule has 1 aromatic carbocycles. The molecule has 16 heavy (non-hydrogen) atoms. The van der Waals surface area contributed by atoms with Gasteiger partial charge in [0.05, 0.1) is 6.42 Å². The summed E-state index contributed by atoms with van der Waals surface area (Å²) in [7, 11) is 0. The van der Waals surface area contributed by atoms with E-state index in [9.17, 15) is 4.79 Å². The van der Waals surface area contributed by atoms with Gasteiger partial charge in [-0.1, -0.05) is 23.7 Å². The van der Waals surface area contributed by atoms with Crippen molar-refractivity contribution in [2.24, 2.45) is 0 Å². The Balaban J connectivity index is 1.97. The number of H-pyrrole nitrogens is 1. The number of hydrogen-bond donors (Lipinski definition) is 1. The highest BCUT2D eigenvalue weighted by atomic mass is 35.5. The van der Waals surface area contributed by atoms with E-state index >= 15 is 0 Å². The van der Waals surface area contributed by atoms with Crippen LogP contribution < -0.4 is 4.74 Å². The Hall–Kier alpha value is -1.74. The van der Waals surface area contributed by atoms with Crippen molar-refractivity contribution in [1.82, 2.24) is 4.98 Å². The van der Waals surface area contributed by atoms with E-state index < -0.39 is 0 Å². The van der Waals surface area contributed by atoms with Crippen LogP contribution in [-0.2, 0) is 11.2 Å². The molecule has 0 spiro atoms. The molecule has 0 aliphatic heterocycles. The summed E-state index contributed by atoms with van der Waals surface area (Å²) in [6, 6.07) is 10.6. The van der Waals surface area contributed by atoms with Crippen molar-refractivity contribution in [3.05, 3.63) is 53.2 Å². The van der Waals surface area contributed by atoms with Gasteiger partial charge in [0.25, 0.3) is 0 Å². The third-order valence-electron chi connectivity index (χ3n) is 2.03. The van der Waals surface area contributed by atoms with E-state index in [0.29, 0.717) is 10.9 Å². The van der Waals surface area contributed by atoms with E-state index in [0.717, 1.165) is 5.56 Å². The molecule has 0 fully saturated rings. The summed E-state index contributed by atoms with van der Waals surface area (Å²) < 4.78 is 5.06. The molecule has 2 aromatic rings. The van der Waals surface area contributed by atoms with Crippen molar-refractivity contribution in [2.45, 2.75) is 6.42 Å². The molecule has 82 valence electrons. The van der Waals surface area contributed by atoms with E-state index in [1.54, 1.807) is 36.5 Å². The van der Waals surface area contributed by atoms with Gasteiger partial charge in [0.1, 0.15) is 0 Å². The summed E-state index contributed by atoms with van der Waals surface area (Å²) in [5.41, 5.74) is 0.837. The molecule has 4 heteroatoms. The van der Waals surface area contributed by atoms with E-state index in [1.807, 2.05) is 6.07 Å². The number of halogens is 1. The van der Waals surface area contributed by atoms with Gasteiger partial charge < -0.3 is 9.72 Å². The monoisotopic (exact) mass is 235 g/mol. The SMILES string of the molecule is O=C(Cc1cccc(Cl)c1)Oc1ccc[nH]1. The number of benzene rings is 1. The first-order valence-corrected chi connectivity index (χ1v) is 5.20. The fourth-order valence-corrected chi connectivity index (χ4v) is 1.56. The standard InChI is InChI=1S/C12H10ClNO2/c13-10-4-1-3-9(7-10)8-12(15)16-11-5-2-6-14-11/h1-7,14H,8H2.